The van der Waals surface area contributed by atoms with E-state index in [0.717, 1.165) is 0 Å². The van der Waals surface area contributed by atoms with Gasteiger partial charge in [0.25, 0.3) is 0 Å². The molecule has 0 bridgehead atoms. The molecule has 1 unspecified atom stereocenters. The molecular formula is C13H18OS. The van der Waals surface area contributed by atoms with E-state index in [1.165, 1.54) is 16.0 Å². The van der Waals surface area contributed by atoms with Gasteiger partial charge in [-0.15, -0.1) is 11.8 Å². The maximum atomic E-state index is 11.0. The van der Waals surface area contributed by atoms with Gasteiger partial charge in [0.15, 0.2) is 0 Å². The summed E-state index contributed by atoms with van der Waals surface area (Å²) in [6, 6.07) is 6.45. The van der Waals surface area contributed by atoms with Gasteiger partial charge in [0.1, 0.15) is 5.78 Å². The Balaban J connectivity index is 2.68. The topological polar surface area (TPSA) is 17.1 Å². The summed E-state index contributed by atoms with van der Waals surface area (Å²) in [5.41, 5.74) is 2.59. The summed E-state index contributed by atoms with van der Waals surface area (Å²) in [6.45, 7) is 7.97. The minimum atomic E-state index is 0.264. The minimum absolute atomic E-state index is 0.264. The molecule has 1 aromatic carbocycles. The largest absolute Gasteiger partial charge is 0.300 e. The van der Waals surface area contributed by atoms with Crippen LogP contribution >= 0.6 is 11.8 Å². The first-order valence-electron chi connectivity index (χ1n) is 5.22. The van der Waals surface area contributed by atoms with Crippen molar-refractivity contribution in [3.63, 3.8) is 0 Å². The van der Waals surface area contributed by atoms with E-state index >= 15 is 0 Å². The monoisotopic (exact) mass is 222 g/mol. The van der Waals surface area contributed by atoms with Crippen molar-refractivity contribution in [2.24, 2.45) is 0 Å². The highest BCUT2D eigenvalue weighted by Gasteiger charge is 2.08. The van der Waals surface area contributed by atoms with Gasteiger partial charge in [-0.1, -0.05) is 24.6 Å². The number of benzene rings is 1. The standard InChI is InChI=1S/C13H18OS/c1-9-5-6-13(10(2)7-9)15-12(4)8-11(3)14/h5-7,12H,8H2,1-4H3. The fourth-order valence-corrected chi connectivity index (χ4v) is 2.74. The fraction of sp³-hybridized carbons (Fsp3) is 0.462. The number of carbonyl (C=O) groups is 1. The van der Waals surface area contributed by atoms with Crippen LogP contribution in [-0.4, -0.2) is 11.0 Å². The van der Waals surface area contributed by atoms with Gasteiger partial charge < -0.3 is 0 Å². The van der Waals surface area contributed by atoms with Crippen molar-refractivity contribution in [3.05, 3.63) is 29.3 Å². The maximum absolute atomic E-state index is 11.0. The molecule has 0 radical (unpaired) electrons. The summed E-state index contributed by atoms with van der Waals surface area (Å²) in [5, 5.41) is 0.365. The second-order valence-electron chi connectivity index (χ2n) is 4.10. The third-order valence-electron chi connectivity index (χ3n) is 2.23. The van der Waals surface area contributed by atoms with Crippen molar-refractivity contribution in [2.45, 2.75) is 44.3 Å². The van der Waals surface area contributed by atoms with Gasteiger partial charge in [-0.05, 0) is 32.4 Å². The van der Waals surface area contributed by atoms with Crippen LogP contribution < -0.4 is 0 Å². The van der Waals surface area contributed by atoms with E-state index in [2.05, 4.69) is 39.0 Å². The third-order valence-corrected chi connectivity index (χ3v) is 3.51. The van der Waals surface area contributed by atoms with E-state index in [9.17, 15) is 4.79 Å². The summed E-state index contributed by atoms with van der Waals surface area (Å²) in [4.78, 5) is 12.3. The van der Waals surface area contributed by atoms with Gasteiger partial charge in [-0.3, -0.25) is 4.79 Å². The van der Waals surface area contributed by atoms with Gasteiger partial charge >= 0.3 is 0 Å². The molecule has 0 saturated carbocycles. The highest BCUT2D eigenvalue weighted by Crippen LogP contribution is 2.28. The van der Waals surface area contributed by atoms with Crippen molar-refractivity contribution in [2.75, 3.05) is 0 Å². The molecule has 82 valence electrons. The van der Waals surface area contributed by atoms with Crippen LogP contribution in [0.1, 0.15) is 31.4 Å². The highest BCUT2D eigenvalue weighted by molar-refractivity contribution is 8.00. The Kier molecular flexibility index (Phi) is 4.40. The molecule has 15 heavy (non-hydrogen) atoms. The number of thioether (sulfide) groups is 1. The fourth-order valence-electron chi connectivity index (χ4n) is 1.59. The van der Waals surface area contributed by atoms with Crippen molar-refractivity contribution >= 4 is 17.5 Å². The Morgan fingerprint density at radius 3 is 2.60 bits per heavy atom. The first-order chi connectivity index (χ1) is 6.99. The Labute approximate surface area is 96.3 Å². The van der Waals surface area contributed by atoms with Gasteiger partial charge in [0, 0.05) is 16.6 Å². The molecule has 0 aliphatic rings. The van der Waals surface area contributed by atoms with Crippen LogP contribution in [0.25, 0.3) is 0 Å². The van der Waals surface area contributed by atoms with Crippen molar-refractivity contribution in [1.29, 1.82) is 0 Å². The van der Waals surface area contributed by atoms with Crippen LogP contribution in [0.5, 0.6) is 0 Å². The number of ketones is 1. The van der Waals surface area contributed by atoms with Crippen molar-refractivity contribution < 1.29 is 4.79 Å². The lowest BCUT2D eigenvalue weighted by atomic mass is 10.2. The Hall–Kier alpha value is -0.760. The summed E-state index contributed by atoms with van der Waals surface area (Å²) >= 11 is 1.79. The van der Waals surface area contributed by atoms with Crippen molar-refractivity contribution in [3.8, 4) is 0 Å². The number of rotatable bonds is 4. The average Bonchev–Trinajstić information content (AvgIpc) is 2.08. The van der Waals surface area contributed by atoms with E-state index in [1.54, 1.807) is 18.7 Å². The third kappa shape index (κ3) is 4.08. The van der Waals surface area contributed by atoms with Gasteiger partial charge in [0.05, 0.1) is 0 Å². The Morgan fingerprint density at radius 2 is 2.07 bits per heavy atom. The van der Waals surface area contributed by atoms with Crippen molar-refractivity contribution in [1.82, 2.24) is 0 Å². The molecule has 1 rings (SSSR count). The van der Waals surface area contributed by atoms with Crippen LogP contribution in [0.4, 0.5) is 0 Å². The summed E-state index contributed by atoms with van der Waals surface area (Å²) < 4.78 is 0. The molecule has 0 fully saturated rings. The lowest BCUT2D eigenvalue weighted by molar-refractivity contribution is -0.116. The zero-order chi connectivity index (χ0) is 11.4. The van der Waals surface area contributed by atoms with E-state index in [4.69, 9.17) is 0 Å². The summed E-state index contributed by atoms with van der Waals surface area (Å²) in [7, 11) is 0. The number of hydrogen-bond acceptors (Lipinski definition) is 2. The average molecular weight is 222 g/mol. The second kappa shape index (κ2) is 5.36. The normalized spacial score (nSPS) is 12.5. The highest BCUT2D eigenvalue weighted by atomic mass is 32.2. The van der Waals surface area contributed by atoms with E-state index in [-0.39, 0.29) is 5.78 Å². The Morgan fingerprint density at radius 1 is 1.40 bits per heavy atom. The SMILES string of the molecule is CC(=O)CC(C)Sc1ccc(C)cc1C. The molecular weight excluding hydrogens is 204 g/mol. The molecule has 0 N–H and O–H groups in total. The van der Waals surface area contributed by atoms with Gasteiger partial charge in [-0.25, -0.2) is 0 Å². The zero-order valence-electron chi connectivity index (χ0n) is 9.83. The van der Waals surface area contributed by atoms with E-state index < -0.39 is 0 Å². The molecule has 1 aromatic rings. The molecule has 0 aliphatic heterocycles. The van der Waals surface area contributed by atoms with Crippen LogP contribution in [-0.2, 0) is 4.79 Å². The number of Topliss-reactive ketones (excluding diaryl/α,β-unsaturated/α-hetero) is 1. The zero-order valence-corrected chi connectivity index (χ0v) is 10.6. The number of carbonyl (C=O) groups excluding carboxylic acids is 1. The molecule has 1 atom stereocenters. The summed E-state index contributed by atoms with van der Waals surface area (Å²) in [5.74, 6) is 0.264. The van der Waals surface area contributed by atoms with E-state index in [0.29, 0.717) is 11.7 Å². The first-order valence-corrected chi connectivity index (χ1v) is 6.10. The van der Waals surface area contributed by atoms with Gasteiger partial charge in [-0.2, -0.15) is 0 Å². The predicted octanol–water partition coefficient (Wildman–Crippen LogP) is 3.76. The molecule has 0 aromatic heterocycles. The first kappa shape index (κ1) is 12.3. The lowest BCUT2D eigenvalue weighted by Gasteiger charge is -2.11. The van der Waals surface area contributed by atoms with Crippen LogP contribution in [0.2, 0.25) is 0 Å². The minimum Gasteiger partial charge on any atom is -0.300 e. The molecule has 0 spiro atoms. The molecule has 0 heterocycles. The smallest absolute Gasteiger partial charge is 0.130 e. The molecule has 0 amide bonds. The number of hydrogen-bond donors (Lipinski definition) is 0. The van der Waals surface area contributed by atoms with Crippen LogP contribution in [0.15, 0.2) is 23.1 Å². The quantitative estimate of drug-likeness (QED) is 0.721. The summed E-state index contributed by atoms with van der Waals surface area (Å²) in [6.07, 6.45) is 0.651. The van der Waals surface area contributed by atoms with Crippen LogP contribution in [0, 0.1) is 13.8 Å². The van der Waals surface area contributed by atoms with Gasteiger partial charge in [0.2, 0.25) is 0 Å². The lowest BCUT2D eigenvalue weighted by Crippen LogP contribution is -2.03. The molecule has 0 saturated heterocycles. The number of aryl methyl sites for hydroxylation is 2. The molecule has 1 nitrogen and oxygen atoms in total. The molecule has 2 heteroatoms. The maximum Gasteiger partial charge on any atom is 0.130 e. The van der Waals surface area contributed by atoms with E-state index in [1.807, 2.05) is 0 Å². The predicted molar refractivity (Wildman–Crippen MR) is 66.5 cm³/mol. The van der Waals surface area contributed by atoms with Crippen LogP contribution in [0.3, 0.4) is 0 Å². The second-order valence-corrected chi connectivity index (χ2v) is 5.58. The molecule has 0 aliphatic carbocycles. The Bertz CT molecular complexity index is 358.